The van der Waals surface area contributed by atoms with E-state index in [1.807, 2.05) is 0 Å². The number of nitrogens with one attached hydrogen (secondary N) is 1. The van der Waals surface area contributed by atoms with Crippen molar-refractivity contribution in [3.8, 4) is 5.75 Å². The van der Waals surface area contributed by atoms with Gasteiger partial charge in [-0.3, -0.25) is 9.59 Å². The van der Waals surface area contributed by atoms with Crippen LogP contribution in [0, 0.1) is 11.2 Å². The van der Waals surface area contributed by atoms with Crippen LogP contribution in [-0.2, 0) is 16.1 Å². The van der Waals surface area contributed by atoms with E-state index in [4.69, 9.17) is 5.11 Å². The van der Waals surface area contributed by atoms with Gasteiger partial charge >= 0.3 is 12.6 Å². The largest absolute Gasteiger partial charge is 0.480 e. The molecule has 114 valence electrons. The highest BCUT2D eigenvalue weighted by Crippen LogP contribution is 2.46. The minimum atomic E-state index is -3.13. The summed E-state index contributed by atoms with van der Waals surface area (Å²) < 4.78 is 42.2. The number of carboxylic acid groups (broad SMARTS) is 1. The van der Waals surface area contributed by atoms with Crippen molar-refractivity contribution < 1.29 is 32.6 Å². The van der Waals surface area contributed by atoms with Crippen molar-refractivity contribution in [3.63, 3.8) is 0 Å². The van der Waals surface area contributed by atoms with E-state index in [2.05, 4.69) is 10.1 Å². The lowest BCUT2D eigenvalue weighted by molar-refractivity contribution is -0.149. The molecule has 0 spiro atoms. The highest BCUT2D eigenvalue weighted by Gasteiger charge is 2.57. The number of alkyl halides is 2. The molecule has 1 fully saturated rings. The lowest BCUT2D eigenvalue weighted by Gasteiger charge is -2.14. The Hall–Kier alpha value is -2.25. The molecular weight excluding hydrogens is 291 g/mol. The molecule has 1 saturated carbocycles. The maximum atomic E-state index is 13.6. The van der Waals surface area contributed by atoms with Crippen LogP contribution < -0.4 is 10.1 Å². The van der Waals surface area contributed by atoms with Crippen LogP contribution in [0.5, 0.6) is 5.75 Å². The quantitative estimate of drug-likeness (QED) is 0.787. The zero-order valence-electron chi connectivity index (χ0n) is 10.7. The zero-order chi connectivity index (χ0) is 15.6. The Morgan fingerprint density at radius 1 is 1.38 bits per heavy atom. The molecule has 0 unspecified atom stereocenters. The maximum absolute atomic E-state index is 13.6. The van der Waals surface area contributed by atoms with E-state index in [1.54, 1.807) is 0 Å². The van der Waals surface area contributed by atoms with E-state index in [0.717, 1.165) is 12.1 Å². The molecule has 0 saturated heterocycles. The number of halogens is 3. The summed E-state index contributed by atoms with van der Waals surface area (Å²) in [5.41, 5.74) is -1.73. The summed E-state index contributed by atoms with van der Waals surface area (Å²) in [7, 11) is 0. The Bertz CT molecular complexity index is 573. The van der Waals surface area contributed by atoms with Crippen LogP contribution in [0.2, 0.25) is 0 Å². The fraction of sp³-hybridized carbons (Fsp3) is 0.385. The van der Waals surface area contributed by atoms with Gasteiger partial charge in [0.2, 0.25) is 5.91 Å². The molecule has 1 amide bonds. The van der Waals surface area contributed by atoms with Gasteiger partial charge in [-0.15, -0.1) is 0 Å². The molecule has 2 N–H and O–H groups in total. The van der Waals surface area contributed by atoms with E-state index in [-0.39, 0.29) is 18.4 Å². The zero-order valence-corrected chi connectivity index (χ0v) is 10.7. The topological polar surface area (TPSA) is 75.6 Å². The summed E-state index contributed by atoms with van der Waals surface area (Å²) in [6, 6.07) is 3.36. The predicted molar refractivity (Wildman–Crippen MR) is 64.2 cm³/mol. The summed E-state index contributed by atoms with van der Waals surface area (Å²) in [6.07, 6.45) is 0.400. The van der Waals surface area contributed by atoms with Crippen molar-refractivity contribution >= 4 is 11.9 Å². The van der Waals surface area contributed by atoms with Gasteiger partial charge in [0.1, 0.15) is 17.0 Å². The second-order valence-electron chi connectivity index (χ2n) is 4.66. The number of amides is 1. The van der Waals surface area contributed by atoms with Gasteiger partial charge in [-0.2, -0.15) is 8.78 Å². The van der Waals surface area contributed by atoms with Crippen LogP contribution in [-0.4, -0.2) is 23.6 Å². The standard InChI is InChI=1S/C13H12F3NO4/c14-8-2-1-3-9(21-12(15)16)7(8)6-17-10(18)13(4-5-13)11(19)20/h1-3,12H,4-6H2,(H,17,18)(H,19,20). The minimum Gasteiger partial charge on any atom is -0.480 e. The lowest BCUT2D eigenvalue weighted by atomic mass is 10.1. The van der Waals surface area contributed by atoms with E-state index in [9.17, 15) is 22.8 Å². The molecule has 1 aromatic rings. The Kier molecular flexibility index (Phi) is 4.06. The van der Waals surface area contributed by atoms with Gasteiger partial charge in [-0.25, -0.2) is 4.39 Å². The molecule has 0 radical (unpaired) electrons. The van der Waals surface area contributed by atoms with Crippen molar-refractivity contribution in [3.05, 3.63) is 29.6 Å². The molecule has 0 heterocycles. The highest BCUT2D eigenvalue weighted by atomic mass is 19.3. The van der Waals surface area contributed by atoms with Gasteiger partial charge in [0.05, 0.1) is 0 Å². The van der Waals surface area contributed by atoms with E-state index in [0.29, 0.717) is 0 Å². The van der Waals surface area contributed by atoms with Crippen molar-refractivity contribution in [1.29, 1.82) is 0 Å². The smallest absolute Gasteiger partial charge is 0.387 e. The fourth-order valence-electron chi connectivity index (χ4n) is 1.92. The summed E-state index contributed by atoms with van der Waals surface area (Å²) >= 11 is 0. The summed E-state index contributed by atoms with van der Waals surface area (Å²) in [5.74, 6) is -3.24. The number of hydrogen-bond donors (Lipinski definition) is 2. The van der Waals surface area contributed by atoms with Crippen molar-refractivity contribution in [2.24, 2.45) is 5.41 Å². The third kappa shape index (κ3) is 3.09. The van der Waals surface area contributed by atoms with Crippen LogP contribution in [0.25, 0.3) is 0 Å². The SMILES string of the molecule is O=C(O)C1(C(=O)NCc2c(F)cccc2OC(F)F)CC1. The van der Waals surface area contributed by atoms with Gasteiger partial charge in [0, 0.05) is 12.1 Å². The maximum Gasteiger partial charge on any atom is 0.387 e. The normalized spacial score (nSPS) is 15.6. The van der Waals surface area contributed by atoms with Gasteiger partial charge in [-0.05, 0) is 25.0 Å². The highest BCUT2D eigenvalue weighted by molar-refractivity contribution is 6.04. The molecular formula is C13H12F3NO4. The van der Waals surface area contributed by atoms with Crippen LogP contribution >= 0.6 is 0 Å². The molecule has 8 heteroatoms. The molecule has 5 nitrogen and oxygen atoms in total. The van der Waals surface area contributed by atoms with E-state index < -0.39 is 42.0 Å². The molecule has 1 aromatic carbocycles. The third-order valence-corrected chi connectivity index (χ3v) is 3.31. The number of rotatable bonds is 6. The summed E-state index contributed by atoms with van der Waals surface area (Å²) in [4.78, 5) is 22.7. The van der Waals surface area contributed by atoms with Crippen LogP contribution in [0.15, 0.2) is 18.2 Å². The van der Waals surface area contributed by atoms with Crippen molar-refractivity contribution in [2.45, 2.75) is 26.0 Å². The number of benzene rings is 1. The molecule has 0 bridgehead atoms. The number of aliphatic carboxylic acids is 1. The molecule has 0 aliphatic heterocycles. The second-order valence-corrected chi connectivity index (χ2v) is 4.66. The van der Waals surface area contributed by atoms with Gasteiger partial charge in [0.25, 0.3) is 0 Å². The number of carbonyl (C=O) groups is 2. The van der Waals surface area contributed by atoms with Gasteiger partial charge in [-0.1, -0.05) is 6.07 Å². The summed E-state index contributed by atoms with van der Waals surface area (Å²) in [6.45, 7) is -3.56. The first-order valence-corrected chi connectivity index (χ1v) is 6.11. The monoisotopic (exact) mass is 303 g/mol. The molecule has 0 aromatic heterocycles. The van der Waals surface area contributed by atoms with E-state index >= 15 is 0 Å². The Balaban J connectivity index is 2.10. The molecule has 21 heavy (non-hydrogen) atoms. The molecule has 2 rings (SSSR count). The van der Waals surface area contributed by atoms with Crippen molar-refractivity contribution in [2.75, 3.05) is 0 Å². The number of carbonyl (C=O) groups excluding carboxylic acids is 1. The fourth-order valence-corrected chi connectivity index (χ4v) is 1.92. The number of carboxylic acids is 1. The molecule has 1 aliphatic carbocycles. The first kappa shape index (κ1) is 15.1. The first-order chi connectivity index (χ1) is 9.86. The van der Waals surface area contributed by atoms with Gasteiger partial charge in [0.15, 0.2) is 0 Å². The Labute approximate surface area is 117 Å². The van der Waals surface area contributed by atoms with Crippen molar-refractivity contribution in [1.82, 2.24) is 5.32 Å². The van der Waals surface area contributed by atoms with Crippen LogP contribution in [0.4, 0.5) is 13.2 Å². The average molecular weight is 303 g/mol. The number of hydrogen-bond acceptors (Lipinski definition) is 3. The van der Waals surface area contributed by atoms with Crippen LogP contribution in [0.3, 0.4) is 0 Å². The predicted octanol–water partition coefficient (Wildman–Crippen LogP) is 1.91. The van der Waals surface area contributed by atoms with Crippen LogP contribution in [0.1, 0.15) is 18.4 Å². The first-order valence-electron chi connectivity index (χ1n) is 6.11. The number of ether oxygens (including phenoxy) is 1. The molecule has 1 aliphatic rings. The Morgan fingerprint density at radius 2 is 2.05 bits per heavy atom. The average Bonchev–Trinajstić information content (AvgIpc) is 3.18. The summed E-state index contributed by atoms with van der Waals surface area (Å²) in [5, 5.41) is 11.2. The lowest BCUT2D eigenvalue weighted by Crippen LogP contribution is -2.36. The second kappa shape index (κ2) is 5.63. The third-order valence-electron chi connectivity index (χ3n) is 3.31. The Morgan fingerprint density at radius 3 is 2.57 bits per heavy atom. The van der Waals surface area contributed by atoms with Gasteiger partial charge < -0.3 is 15.2 Å². The molecule has 0 atom stereocenters. The minimum absolute atomic E-state index is 0.200. The van der Waals surface area contributed by atoms with E-state index in [1.165, 1.54) is 6.07 Å².